The van der Waals surface area contributed by atoms with Crippen LogP contribution in [-0.4, -0.2) is 114 Å². The fourth-order valence-electron chi connectivity index (χ4n) is 5.77. The molecule has 0 aromatic heterocycles. The summed E-state index contributed by atoms with van der Waals surface area (Å²) in [5.41, 5.74) is 12.0. The van der Waals surface area contributed by atoms with Crippen molar-refractivity contribution in [2.45, 2.75) is 21.6 Å². The molecule has 0 aliphatic carbocycles. The van der Waals surface area contributed by atoms with Crippen LogP contribution in [0.4, 0.5) is 0 Å². The van der Waals surface area contributed by atoms with Gasteiger partial charge in [0, 0.05) is 52.6 Å². The summed E-state index contributed by atoms with van der Waals surface area (Å²) in [5.74, 6) is 0.383. The summed E-state index contributed by atoms with van der Waals surface area (Å²) in [5, 5.41) is 10.2. The molecule has 0 bridgehead atoms. The van der Waals surface area contributed by atoms with Gasteiger partial charge in [-0.3, -0.25) is 0 Å². The van der Waals surface area contributed by atoms with Gasteiger partial charge in [-0.25, -0.2) is 16.8 Å². The highest BCUT2D eigenvalue weighted by molar-refractivity contribution is 7.91. The van der Waals surface area contributed by atoms with Gasteiger partial charge in [-0.2, -0.15) is 10.2 Å². The number of nitrogens with one attached hydrogen (secondary N) is 2. The van der Waals surface area contributed by atoms with Crippen molar-refractivity contribution >= 4 is 62.6 Å². The number of hydrogen-bond donors (Lipinski definition) is 4. The van der Waals surface area contributed by atoms with Crippen molar-refractivity contribution < 1.29 is 31.2 Å². The molecule has 0 saturated carbocycles. The topological polar surface area (TPSA) is 181 Å². The Kier molecular flexibility index (Phi) is 16.5. The zero-order valence-electron chi connectivity index (χ0n) is 31.4. The number of sulfone groups is 2. The molecule has 2 aliphatic rings. The predicted octanol–water partition coefficient (Wildman–Crippen LogP) is 5.16. The van der Waals surface area contributed by atoms with Crippen molar-refractivity contribution in [3.63, 3.8) is 0 Å². The van der Waals surface area contributed by atoms with Crippen molar-refractivity contribution in [3.05, 3.63) is 129 Å². The summed E-state index contributed by atoms with van der Waals surface area (Å²) in [4.78, 5) is 18.7. The van der Waals surface area contributed by atoms with Gasteiger partial charge in [0.15, 0.2) is 19.7 Å². The molecule has 2 heterocycles. The lowest BCUT2D eigenvalue weighted by Crippen LogP contribution is -2.22. The Morgan fingerprint density at radius 3 is 1.20 bits per heavy atom. The van der Waals surface area contributed by atoms with E-state index in [-0.39, 0.29) is 23.3 Å². The Hall–Kier alpha value is -3.76. The fourth-order valence-corrected chi connectivity index (χ4v) is 8.81. The minimum Gasteiger partial charge on any atom is -0.309 e. The molecule has 2 atom stereocenters. The van der Waals surface area contributed by atoms with Gasteiger partial charge in [0.2, 0.25) is 0 Å². The highest BCUT2D eigenvalue weighted by Crippen LogP contribution is 2.28. The lowest BCUT2D eigenvalue weighted by molar-refractivity contribution is 0.405. The quantitative estimate of drug-likeness (QED) is 0.138. The van der Waals surface area contributed by atoms with Crippen molar-refractivity contribution in [1.29, 1.82) is 0 Å². The summed E-state index contributed by atoms with van der Waals surface area (Å²) in [6, 6.07) is 29.4. The van der Waals surface area contributed by atoms with Gasteiger partial charge in [-0.1, -0.05) is 71.7 Å². The lowest BCUT2D eigenvalue weighted by Gasteiger charge is -2.14. The second-order valence-electron chi connectivity index (χ2n) is 13.5. The van der Waals surface area contributed by atoms with E-state index in [0.717, 1.165) is 33.7 Å². The molecule has 2 unspecified atom stereocenters. The average Bonchev–Trinajstić information content (AvgIpc) is 3.85. The molecule has 6 rings (SSSR count). The van der Waals surface area contributed by atoms with Crippen LogP contribution in [0.25, 0.3) is 0 Å². The molecule has 0 radical (unpaired) electrons. The van der Waals surface area contributed by atoms with E-state index in [1.807, 2.05) is 111 Å². The predicted molar refractivity (Wildman–Crippen MR) is 224 cm³/mol. The van der Waals surface area contributed by atoms with Crippen LogP contribution in [0.5, 0.6) is 0 Å². The summed E-state index contributed by atoms with van der Waals surface area (Å²) >= 11 is 11.9. The fraction of sp³-hybridized carbons (Fsp3) is 0.316. The molecule has 56 heavy (non-hydrogen) atoms. The minimum atomic E-state index is -3.27. The molecule has 4 aromatic rings. The molecule has 0 fully saturated rings. The Morgan fingerprint density at radius 2 is 0.911 bits per heavy atom. The molecule has 0 amide bonds. The summed E-state index contributed by atoms with van der Waals surface area (Å²) in [6.07, 6.45) is 0. The van der Waals surface area contributed by atoms with E-state index < -0.39 is 27.9 Å². The third kappa shape index (κ3) is 13.2. The second-order valence-corrected chi connectivity index (χ2v) is 19.1. The van der Waals surface area contributed by atoms with Gasteiger partial charge in [-0.05, 0) is 99.0 Å². The van der Waals surface area contributed by atoms with Crippen LogP contribution < -0.4 is 10.9 Å². The molecule has 0 spiro atoms. The van der Waals surface area contributed by atoms with Crippen molar-refractivity contribution in [3.8, 4) is 0 Å². The third-order valence-electron chi connectivity index (χ3n) is 8.83. The molecule has 13 nitrogen and oxygen atoms in total. The summed E-state index contributed by atoms with van der Waals surface area (Å²) in [7, 11) is -1.95. The normalized spacial score (nSPS) is 16.5. The Balaban J connectivity index is 0.000000227. The van der Waals surface area contributed by atoms with Gasteiger partial charge in [0.25, 0.3) is 0 Å². The summed E-state index contributed by atoms with van der Waals surface area (Å²) < 4.78 is 58.4. The molecule has 2 aliphatic heterocycles. The van der Waals surface area contributed by atoms with Crippen molar-refractivity contribution in [1.82, 2.24) is 20.7 Å². The first-order valence-corrected chi connectivity index (χ1v) is 22.6. The van der Waals surface area contributed by atoms with Crippen LogP contribution in [0.1, 0.15) is 34.1 Å². The van der Waals surface area contributed by atoms with Crippen LogP contribution in [-0.2, 0) is 24.2 Å². The van der Waals surface area contributed by atoms with Crippen LogP contribution in [0, 0.1) is 0 Å². The summed E-state index contributed by atoms with van der Waals surface area (Å²) in [6.45, 7) is 2.38. The Bertz CT molecular complexity index is 2050. The zero-order valence-corrected chi connectivity index (χ0v) is 35.4. The number of rotatable bonds is 12. The number of halogens is 2. The van der Waals surface area contributed by atoms with Crippen LogP contribution in [0.3, 0.4) is 0 Å². The standard InChI is InChI=1S/2C19H22ClN3O2S.HO3P/c2*1-23(2)11-12-26(24,25)17-9-5-14(6-10-17)18-13-21-22-19(18)15-3-7-16(20)8-4-15;1-4(2)3/h2*3-10,18,21H,11-13H2,1-2H3;(H-,1,2,3)/p+1. The smallest absolute Gasteiger partial charge is 0.309 e. The number of hydrogen-bond acceptors (Lipinski definition) is 11. The third-order valence-corrected chi connectivity index (χ3v) is 12.8. The number of nitrogens with zero attached hydrogens (tertiary/aromatic N) is 4. The van der Waals surface area contributed by atoms with E-state index in [2.05, 4.69) is 21.1 Å². The van der Waals surface area contributed by atoms with Crippen molar-refractivity contribution in [2.75, 3.05) is 65.9 Å². The highest BCUT2D eigenvalue weighted by Gasteiger charge is 2.27. The molecule has 300 valence electrons. The first-order chi connectivity index (χ1) is 26.5. The molecule has 18 heteroatoms. The highest BCUT2D eigenvalue weighted by atomic mass is 35.5. The van der Waals surface area contributed by atoms with Gasteiger partial charge in [0.05, 0.1) is 32.7 Å². The van der Waals surface area contributed by atoms with E-state index in [1.54, 1.807) is 24.3 Å². The van der Waals surface area contributed by atoms with Crippen LogP contribution >= 0.6 is 31.5 Å². The lowest BCUT2D eigenvalue weighted by atomic mass is 9.91. The Labute approximate surface area is 339 Å². The largest absolute Gasteiger partial charge is 0.692 e. The first kappa shape index (κ1) is 44.9. The van der Waals surface area contributed by atoms with E-state index in [0.29, 0.717) is 46.0 Å². The molecule has 4 N–H and O–H groups in total. The zero-order chi connectivity index (χ0) is 41.0. The van der Waals surface area contributed by atoms with Crippen LogP contribution in [0.2, 0.25) is 10.0 Å². The minimum absolute atomic E-state index is 0.0784. The van der Waals surface area contributed by atoms with E-state index in [9.17, 15) is 16.8 Å². The number of benzene rings is 4. The average molecular weight is 865 g/mol. The van der Waals surface area contributed by atoms with Crippen LogP contribution in [0.15, 0.2) is 117 Å². The molecule has 0 saturated heterocycles. The SMILES string of the molecule is CN(C)CCS(=O)(=O)c1ccc(C2CNN=C2c2ccc(Cl)cc2)cc1.CN(C)CCS(=O)(=O)c1ccc(C2CNN=C2c2ccc(Cl)cc2)cc1.O=[P+](O)O. The van der Waals surface area contributed by atoms with Gasteiger partial charge < -0.3 is 20.7 Å². The maximum Gasteiger partial charge on any atom is 0.692 e. The van der Waals surface area contributed by atoms with E-state index in [4.69, 9.17) is 37.6 Å². The van der Waals surface area contributed by atoms with Crippen molar-refractivity contribution in [2.24, 2.45) is 10.2 Å². The number of hydrazone groups is 2. The van der Waals surface area contributed by atoms with E-state index in [1.165, 1.54) is 0 Å². The second kappa shape index (κ2) is 20.6. The molecule has 4 aromatic carbocycles. The maximum absolute atomic E-state index is 12.4. The molecular formula is C38H46Cl2N6O7PS2+. The van der Waals surface area contributed by atoms with Gasteiger partial charge >= 0.3 is 8.25 Å². The molecular weight excluding hydrogens is 818 g/mol. The Morgan fingerprint density at radius 1 is 0.607 bits per heavy atom. The first-order valence-electron chi connectivity index (χ1n) is 17.4. The monoisotopic (exact) mass is 863 g/mol. The van der Waals surface area contributed by atoms with E-state index >= 15 is 0 Å². The van der Waals surface area contributed by atoms with Gasteiger partial charge in [-0.15, -0.1) is 9.79 Å². The van der Waals surface area contributed by atoms with Gasteiger partial charge in [0.1, 0.15) is 0 Å². The maximum atomic E-state index is 12.4.